The van der Waals surface area contributed by atoms with E-state index in [1.807, 2.05) is 30.5 Å². The number of hydrogen-bond acceptors (Lipinski definition) is 7. The fourth-order valence-corrected chi connectivity index (χ4v) is 3.93. The first-order chi connectivity index (χ1) is 15.0. The highest BCUT2D eigenvalue weighted by molar-refractivity contribution is 7.17. The summed E-state index contributed by atoms with van der Waals surface area (Å²) in [5.74, 6) is -0.356. The van der Waals surface area contributed by atoms with Crippen molar-refractivity contribution in [3.8, 4) is 5.75 Å². The van der Waals surface area contributed by atoms with E-state index < -0.39 is 5.95 Å². The van der Waals surface area contributed by atoms with E-state index >= 15 is 0 Å². The molecular weight excluding hydrogens is 417 g/mol. The second kappa shape index (κ2) is 9.05. The smallest absolute Gasteiger partial charge is 0.271 e. The summed E-state index contributed by atoms with van der Waals surface area (Å²) in [5, 5.41) is 17.2. The Morgan fingerprint density at radius 3 is 2.77 bits per heavy atom. The van der Waals surface area contributed by atoms with Gasteiger partial charge in [0.05, 0.1) is 16.3 Å². The van der Waals surface area contributed by atoms with E-state index in [9.17, 15) is 14.3 Å². The first-order valence-electron chi connectivity index (χ1n) is 9.69. The van der Waals surface area contributed by atoms with Crippen LogP contribution >= 0.6 is 11.3 Å². The Kier molecular flexibility index (Phi) is 6.03. The molecule has 0 aliphatic heterocycles. The van der Waals surface area contributed by atoms with E-state index in [2.05, 4.69) is 25.6 Å². The Balaban J connectivity index is 1.49. The third-order valence-corrected chi connectivity index (χ3v) is 5.66. The molecule has 0 saturated heterocycles. The van der Waals surface area contributed by atoms with Gasteiger partial charge in [-0.25, -0.2) is 15.0 Å². The van der Waals surface area contributed by atoms with Crippen LogP contribution < -0.4 is 10.6 Å². The predicted octanol–water partition coefficient (Wildman–Crippen LogP) is 4.08. The van der Waals surface area contributed by atoms with Gasteiger partial charge < -0.3 is 15.7 Å². The molecule has 0 radical (unpaired) electrons. The number of thiophene rings is 1. The second-order valence-electron chi connectivity index (χ2n) is 6.98. The highest BCUT2D eigenvalue weighted by atomic mass is 32.1. The average Bonchev–Trinajstić information content (AvgIpc) is 3.23. The molecule has 0 unspecified atom stereocenters. The average molecular weight is 438 g/mol. The zero-order valence-electron chi connectivity index (χ0n) is 16.7. The molecule has 1 aromatic carbocycles. The van der Waals surface area contributed by atoms with Crippen LogP contribution in [0.4, 0.5) is 10.3 Å². The number of aromatic nitrogens is 3. The third-order valence-electron chi connectivity index (χ3n) is 4.75. The van der Waals surface area contributed by atoms with Crippen LogP contribution in [0.5, 0.6) is 5.75 Å². The summed E-state index contributed by atoms with van der Waals surface area (Å²) in [4.78, 5) is 25.3. The molecular formula is C22H20FN5O2S. The largest absolute Gasteiger partial charge is 0.508 e. The van der Waals surface area contributed by atoms with Crippen LogP contribution in [-0.2, 0) is 6.42 Å². The van der Waals surface area contributed by atoms with Crippen LogP contribution in [0.2, 0.25) is 0 Å². The number of nitrogens with one attached hydrogen (secondary N) is 2. The van der Waals surface area contributed by atoms with Gasteiger partial charge in [-0.1, -0.05) is 12.1 Å². The molecule has 0 fully saturated rings. The van der Waals surface area contributed by atoms with Crippen molar-refractivity contribution in [1.82, 2.24) is 20.3 Å². The van der Waals surface area contributed by atoms with Crippen molar-refractivity contribution in [3.05, 3.63) is 76.8 Å². The van der Waals surface area contributed by atoms with E-state index in [1.54, 1.807) is 18.2 Å². The molecule has 0 aliphatic rings. The number of carbonyl (C=O) groups excluding carboxylic acids is 1. The number of benzene rings is 1. The van der Waals surface area contributed by atoms with Gasteiger partial charge in [0.1, 0.15) is 5.75 Å². The summed E-state index contributed by atoms with van der Waals surface area (Å²) in [6.07, 6.45) is 2.03. The quantitative estimate of drug-likeness (QED) is 0.377. The van der Waals surface area contributed by atoms with Crippen LogP contribution in [0, 0.1) is 5.95 Å². The molecule has 0 bridgehead atoms. The third kappa shape index (κ3) is 4.95. The fraction of sp³-hybridized carbons (Fsp3) is 0.182. The Bertz CT molecular complexity index is 1210. The summed E-state index contributed by atoms with van der Waals surface area (Å²) in [7, 11) is 0. The van der Waals surface area contributed by atoms with Gasteiger partial charge in [-0.05, 0) is 60.2 Å². The number of anilines is 1. The summed E-state index contributed by atoms with van der Waals surface area (Å²) in [6, 6.07) is 11.5. The van der Waals surface area contributed by atoms with Crippen molar-refractivity contribution >= 4 is 33.4 Å². The van der Waals surface area contributed by atoms with Gasteiger partial charge in [-0.15, -0.1) is 11.3 Å². The maximum absolute atomic E-state index is 13.4. The topological polar surface area (TPSA) is 100 Å². The lowest BCUT2D eigenvalue weighted by Gasteiger charge is -2.15. The Hall–Kier alpha value is -3.59. The number of phenols is 1. The normalized spacial score (nSPS) is 11.9. The molecule has 31 heavy (non-hydrogen) atoms. The highest BCUT2D eigenvalue weighted by Gasteiger charge is 2.17. The number of halogens is 1. The van der Waals surface area contributed by atoms with Crippen LogP contribution in [-0.4, -0.2) is 32.5 Å². The van der Waals surface area contributed by atoms with Gasteiger partial charge >= 0.3 is 0 Å². The zero-order chi connectivity index (χ0) is 21.8. The number of rotatable bonds is 7. The highest BCUT2D eigenvalue weighted by Crippen LogP contribution is 2.25. The lowest BCUT2D eigenvalue weighted by Crippen LogP contribution is -2.27. The molecule has 0 saturated carbocycles. The van der Waals surface area contributed by atoms with E-state index in [0.717, 1.165) is 5.56 Å². The van der Waals surface area contributed by atoms with Gasteiger partial charge in [0.15, 0.2) is 5.69 Å². The standard InChI is InChI=1S/C22H20FN5O2S/c1-13(15-7-10-24-18(23)12-15)26-22-27-17-8-11-31-20(17)19(28-22)21(30)25-9-6-14-2-4-16(29)5-3-14/h2-5,7-8,10-13,29H,6,9H2,1H3,(H,25,30)(H,26,27,28)/t13-/m0/s1. The predicted molar refractivity (Wildman–Crippen MR) is 118 cm³/mol. The second-order valence-corrected chi connectivity index (χ2v) is 7.90. The molecule has 4 aromatic rings. The van der Waals surface area contributed by atoms with Crippen molar-refractivity contribution < 1.29 is 14.3 Å². The lowest BCUT2D eigenvalue weighted by molar-refractivity contribution is 0.0951. The molecule has 158 valence electrons. The van der Waals surface area contributed by atoms with Crippen molar-refractivity contribution in [3.63, 3.8) is 0 Å². The van der Waals surface area contributed by atoms with Crippen LogP contribution in [0.25, 0.3) is 10.2 Å². The number of nitrogens with zero attached hydrogens (tertiary/aromatic N) is 3. The van der Waals surface area contributed by atoms with E-state index in [-0.39, 0.29) is 17.7 Å². The van der Waals surface area contributed by atoms with Gasteiger partial charge in [-0.2, -0.15) is 4.39 Å². The Morgan fingerprint density at radius 1 is 1.19 bits per heavy atom. The number of amides is 1. The molecule has 1 atom stereocenters. The van der Waals surface area contributed by atoms with E-state index in [4.69, 9.17) is 0 Å². The van der Waals surface area contributed by atoms with Gasteiger partial charge in [0, 0.05) is 12.7 Å². The van der Waals surface area contributed by atoms with Crippen molar-refractivity contribution in [1.29, 1.82) is 0 Å². The van der Waals surface area contributed by atoms with E-state index in [0.29, 0.717) is 40.4 Å². The van der Waals surface area contributed by atoms with E-state index in [1.165, 1.54) is 23.6 Å². The SMILES string of the molecule is C[C@H](Nc1nc(C(=O)NCCc2ccc(O)cc2)c2sccc2n1)c1ccnc(F)c1. The molecule has 0 spiro atoms. The maximum atomic E-state index is 13.4. The van der Waals surface area contributed by atoms with Gasteiger partial charge in [-0.3, -0.25) is 4.79 Å². The van der Waals surface area contributed by atoms with Crippen molar-refractivity contribution in [2.45, 2.75) is 19.4 Å². The summed E-state index contributed by atoms with van der Waals surface area (Å²) >= 11 is 1.40. The number of aromatic hydroxyl groups is 1. The molecule has 1 amide bonds. The Labute approximate surface area is 182 Å². The minimum absolute atomic E-state index is 0.206. The summed E-state index contributed by atoms with van der Waals surface area (Å²) < 4.78 is 14.1. The maximum Gasteiger partial charge on any atom is 0.271 e. The molecule has 9 heteroatoms. The monoisotopic (exact) mass is 437 g/mol. The lowest BCUT2D eigenvalue weighted by atomic mass is 10.1. The minimum atomic E-state index is -0.561. The zero-order valence-corrected chi connectivity index (χ0v) is 17.5. The number of fused-ring (bicyclic) bond motifs is 1. The number of hydrogen-bond donors (Lipinski definition) is 3. The fourth-order valence-electron chi connectivity index (χ4n) is 3.11. The number of pyridine rings is 1. The number of carbonyl (C=O) groups is 1. The molecule has 4 rings (SSSR count). The van der Waals surface area contributed by atoms with Crippen LogP contribution in [0.15, 0.2) is 54.0 Å². The van der Waals surface area contributed by atoms with Crippen LogP contribution in [0.1, 0.15) is 34.6 Å². The van der Waals surface area contributed by atoms with Gasteiger partial charge in [0.25, 0.3) is 5.91 Å². The molecule has 3 N–H and O–H groups in total. The molecule has 7 nitrogen and oxygen atoms in total. The van der Waals surface area contributed by atoms with Crippen molar-refractivity contribution in [2.75, 3.05) is 11.9 Å². The van der Waals surface area contributed by atoms with Crippen molar-refractivity contribution in [2.24, 2.45) is 0 Å². The Morgan fingerprint density at radius 2 is 2.00 bits per heavy atom. The minimum Gasteiger partial charge on any atom is -0.508 e. The summed E-state index contributed by atoms with van der Waals surface area (Å²) in [5.41, 5.74) is 2.66. The molecule has 3 aromatic heterocycles. The molecule has 3 heterocycles. The number of phenolic OH excluding ortho intramolecular Hbond substituents is 1. The first kappa shape index (κ1) is 20.7. The van der Waals surface area contributed by atoms with Crippen LogP contribution in [0.3, 0.4) is 0 Å². The van der Waals surface area contributed by atoms with Gasteiger partial charge in [0.2, 0.25) is 11.9 Å². The molecule has 0 aliphatic carbocycles. The first-order valence-corrected chi connectivity index (χ1v) is 10.6. The summed E-state index contributed by atoms with van der Waals surface area (Å²) in [6.45, 7) is 2.28.